The summed E-state index contributed by atoms with van der Waals surface area (Å²) in [6, 6.07) is 8.60. The van der Waals surface area contributed by atoms with Crippen molar-refractivity contribution in [1.82, 2.24) is 20.2 Å². The number of nitrogens with zero attached hydrogens (tertiary/aromatic N) is 3. The third-order valence-corrected chi connectivity index (χ3v) is 3.40. The summed E-state index contributed by atoms with van der Waals surface area (Å²) in [4.78, 5) is 4.23. The Morgan fingerprint density at radius 1 is 1.21 bits per heavy atom. The number of hydrogen-bond acceptors (Lipinski definition) is 4. The summed E-state index contributed by atoms with van der Waals surface area (Å²) in [7, 11) is 1.89. The average Bonchev–Trinajstić information content (AvgIpc) is 2.81. The molecule has 0 fully saturated rings. The molecule has 0 aliphatic heterocycles. The predicted octanol–water partition coefficient (Wildman–Crippen LogP) is 1.69. The van der Waals surface area contributed by atoms with E-state index in [1.165, 1.54) is 5.56 Å². The molecule has 0 aliphatic rings. The van der Waals surface area contributed by atoms with Gasteiger partial charge in [-0.25, -0.2) is 4.98 Å². The lowest BCUT2D eigenvalue weighted by molar-refractivity contribution is 0.523. The third kappa shape index (κ3) is 3.19. The minimum absolute atomic E-state index is 0.0455. The largest absolute Gasteiger partial charge is 0.271 e. The zero-order valence-corrected chi connectivity index (χ0v) is 11.7. The molecule has 0 radical (unpaired) electrons. The molecule has 2 aromatic rings. The van der Waals surface area contributed by atoms with Gasteiger partial charge in [0.1, 0.15) is 12.2 Å². The summed E-state index contributed by atoms with van der Waals surface area (Å²) in [5, 5.41) is 4.07. The van der Waals surface area contributed by atoms with Crippen LogP contribution in [-0.2, 0) is 13.5 Å². The second-order valence-corrected chi connectivity index (χ2v) is 5.04. The Labute approximate surface area is 113 Å². The first-order valence-corrected chi connectivity index (χ1v) is 6.50. The highest BCUT2D eigenvalue weighted by molar-refractivity contribution is 5.27. The summed E-state index contributed by atoms with van der Waals surface area (Å²) in [6.07, 6.45) is 2.28. The van der Waals surface area contributed by atoms with Crippen LogP contribution in [0.5, 0.6) is 0 Å². The first kappa shape index (κ1) is 13.7. The Morgan fingerprint density at radius 2 is 1.84 bits per heavy atom. The number of hydrogen-bond donors (Lipinski definition) is 2. The maximum Gasteiger partial charge on any atom is 0.138 e. The molecule has 0 saturated carbocycles. The summed E-state index contributed by atoms with van der Waals surface area (Å²) in [5.41, 5.74) is 5.35. The van der Waals surface area contributed by atoms with Crippen LogP contribution in [0.15, 0.2) is 30.6 Å². The lowest BCUT2D eigenvalue weighted by atomic mass is 9.98. The lowest BCUT2D eigenvalue weighted by Gasteiger charge is -2.16. The van der Waals surface area contributed by atoms with Crippen molar-refractivity contribution in [2.24, 2.45) is 12.9 Å². The second-order valence-electron chi connectivity index (χ2n) is 5.04. The van der Waals surface area contributed by atoms with Crippen molar-refractivity contribution in [1.29, 1.82) is 0 Å². The summed E-state index contributed by atoms with van der Waals surface area (Å²) in [5.74, 6) is 7.11. The number of nitrogens with two attached hydrogens (primary N) is 1. The van der Waals surface area contributed by atoms with Crippen LogP contribution in [0.2, 0.25) is 0 Å². The van der Waals surface area contributed by atoms with Gasteiger partial charge in [-0.1, -0.05) is 38.1 Å². The molecule has 0 aliphatic carbocycles. The maximum absolute atomic E-state index is 5.66. The van der Waals surface area contributed by atoms with Gasteiger partial charge in [-0.2, -0.15) is 5.10 Å². The Kier molecular flexibility index (Phi) is 4.29. The van der Waals surface area contributed by atoms with Crippen molar-refractivity contribution in [2.75, 3.05) is 0 Å². The first-order chi connectivity index (χ1) is 9.11. The van der Waals surface area contributed by atoms with Crippen molar-refractivity contribution < 1.29 is 0 Å². The lowest BCUT2D eigenvalue weighted by Crippen LogP contribution is -2.30. The van der Waals surface area contributed by atoms with Crippen molar-refractivity contribution in [3.05, 3.63) is 47.5 Å². The van der Waals surface area contributed by atoms with E-state index >= 15 is 0 Å². The summed E-state index contributed by atoms with van der Waals surface area (Å²) >= 11 is 0. The maximum atomic E-state index is 5.66. The van der Waals surface area contributed by atoms with Crippen LogP contribution in [-0.4, -0.2) is 14.8 Å². The van der Waals surface area contributed by atoms with Gasteiger partial charge in [0.2, 0.25) is 0 Å². The molecular formula is C14H21N5. The van der Waals surface area contributed by atoms with Crippen molar-refractivity contribution in [3.63, 3.8) is 0 Å². The fraction of sp³-hybridized carbons (Fsp3) is 0.429. The molecule has 0 amide bonds. The van der Waals surface area contributed by atoms with Crippen LogP contribution in [0, 0.1) is 0 Å². The number of aromatic nitrogens is 3. The van der Waals surface area contributed by atoms with Gasteiger partial charge in [0.15, 0.2) is 0 Å². The number of rotatable bonds is 5. The van der Waals surface area contributed by atoms with E-state index in [2.05, 4.69) is 53.6 Å². The monoisotopic (exact) mass is 259 g/mol. The van der Waals surface area contributed by atoms with Crippen LogP contribution >= 0.6 is 0 Å². The minimum atomic E-state index is 0.0455. The Hall–Kier alpha value is -1.72. The molecule has 102 valence electrons. The van der Waals surface area contributed by atoms with Gasteiger partial charge in [0.25, 0.3) is 0 Å². The zero-order valence-electron chi connectivity index (χ0n) is 11.7. The minimum Gasteiger partial charge on any atom is -0.271 e. The molecule has 1 unspecified atom stereocenters. The van der Waals surface area contributed by atoms with Gasteiger partial charge in [-0.3, -0.25) is 16.0 Å². The zero-order chi connectivity index (χ0) is 13.8. The van der Waals surface area contributed by atoms with Crippen LogP contribution in [0.3, 0.4) is 0 Å². The van der Waals surface area contributed by atoms with E-state index in [1.807, 2.05) is 7.05 Å². The van der Waals surface area contributed by atoms with Gasteiger partial charge < -0.3 is 0 Å². The van der Waals surface area contributed by atoms with Crippen LogP contribution in [0.25, 0.3) is 0 Å². The number of hydrazine groups is 1. The highest BCUT2D eigenvalue weighted by atomic mass is 15.3. The van der Waals surface area contributed by atoms with Crippen LogP contribution < -0.4 is 11.3 Å². The molecule has 19 heavy (non-hydrogen) atoms. The van der Waals surface area contributed by atoms with E-state index in [-0.39, 0.29) is 6.04 Å². The number of benzene rings is 1. The Balaban J connectivity index is 2.15. The molecule has 5 nitrogen and oxygen atoms in total. The first-order valence-electron chi connectivity index (χ1n) is 6.50. The van der Waals surface area contributed by atoms with Crippen molar-refractivity contribution in [2.45, 2.75) is 32.2 Å². The predicted molar refractivity (Wildman–Crippen MR) is 75.3 cm³/mol. The fourth-order valence-electron chi connectivity index (χ4n) is 2.07. The SMILES string of the molecule is CC(C)c1ccc(C(Cc2ncnn2C)NN)cc1. The van der Waals surface area contributed by atoms with E-state index in [1.54, 1.807) is 11.0 Å². The van der Waals surface area contributed by atoms with E-state index in [0.29, 0.717) is 12.3 Å². The summed E-state index contributed by atoms with van der Waals surface area (Å²) < 4.78 is 1.77. The fourth-order valence-corrected chi connectivity index (χ4v) is 2.07. The normalized spacial score (nSPS) is 12.9. The average molecular weight is 259 g/mol. The quantitative estimate of drug-likeness (QED) is 0.633. The molecule has 2 rings (SSSR count). The van der Waals surface area contributed by atoms with Gasteiger partial charge in [-0.15, -0.1) is 0 Å². The van der Waals surface area contributed by atoms with Crippen LogP contribution in [0.4, 0.5) is 0 Å². The molecule has 1 aromatic heterocycles. The highest BCUT2D eigenvalue weighted by Gasteiger charge is 2.13. The van der Waals surface area contributed by atoms with E-state index in [4.69, 9.17) is 5.84 Å². The molecular weight excluding hydrogens is 238 g/mol. The molecule has 5 heteroatoms. The highest BCUT2D eigenvalue weighted by Crippen LogP contribution is 2.20. The Bertz CT molecular complexity index is 515. The van der Waals surface area contributed by atoms with Crippen molar-refractivity contribution >= 4 is 0 Å². The molecule has 0 bridgehead atoms. The molecule has 1 heterocycles. The van der Waals surface area contributed by atoms with Gasteiger partial charge in [-0.05, 0) is 17.0 Å². The molecule has 0 spiro atoms. The van der Waals surface area contributed by atoms with E-state index in [0.717, 1.165) is 11.4 Å². The summed E-state index contributed by atoms with van der Waals surface area (Å²) in [6.45, 7) is 4.38. The smallest absolute Gasteiger partial charge is 0.138 e. The molecule has 1 aromatic carbocycles. The molecule has 3 N–H and O–H groups in total. The molecule has 0 saturated heterocycles. The van der Waals surface area contributed by atoms with Crippen LogP contribution in [0.1, 0.15) is 42.8 Å². The van der Waals surface area contributed by atoms with Gasteiger partial charge in [0, 0.05) is 13.5 Å². The van der Waals surface area contributed by atoms with Gasteiger partial charge in [0.05, 0.1) is 6.04 Å². The van der Waals surface area contributed by atoms with E-state index in [9.17, 15) is 0 Å². The van der Waals surface area contributed by atoms with Gasteiger partial charge >= 0.3 is 0 Å². The van der Waals surface area contributed by atoms with E-state index < -0.39 is 0 Å². The standard InChI is InChI=1S/C14H21N5/c1-10(2)11-4-6-12(7-5-11)13(18-15)8-14-16-9-17-19(14)3/h4-7,9-10,13,18H,8,15H2,1-3H3. The van der Waals surface area contributed by atoms with Crippen molar-refractivity contribution in [3.8, 4) is 0 Å². The Morgan fingerprint density at radius 3 is 2.32 bits per heavy atom. The second kappa shape index (κ2) is 5.95. The number of nitrogens with one attached hydrogen (secondary N) is 1. The molecule has 1 atom stereocenters. The number of aryl methyl sites for hydroxylation is 1. The topological polar surface area (TPSA) is 68.8 Å². The third-order valence-electron chi connectivity index (χ3n) is 3.40.